The Balaban J connectivity index is 1.39. The van der Waals surface area contributed by atoms with Crippen LogP contribution in [0.4, 0.5) is 15.2 Å². The van der Waals surface area contributed by atoms with Crippen molar-refractivity contribution in [2.45, 2.75) is 6.54 Å². The molecule has 1 aliphatic rings. The van der Waals surface area contributed by atoms with Gasteiger partial charge in [-0.15, -0.1) is 11.3 Å². The highest BCUT2D eigenvalue weighted by Crippen LogP contribution is 2.37. The summed E-state index contributed by atoms with van der Waals surface area (Å²) in [6.45, 7) is 0.435. The van der Waals surface area contributed by atoms with Crippen LogP contribution in [0.3, 0.4) is 0 Å². The number of hydrogen-bond acceptors (Lipinski definition) is 5. The molecule has 0 spiro atoms. The largest absolute Gasteiger partial charge is 0.482 e. The molecule has 0 unspecified atom stereocenters. The van der Waals surface area contributed by atoms with Gasteiger partial charge < -0.3 is 9.64 Å². The molecule has 0 saturated carbocycles. The molecule has 1 N–H and O–H groups in total. The van der Waals surface area contributed by atoms with Crippen LogP contribution in [0.5, 0.6) is 5.75 Å². The van der Waals surface area contributed by atoms with Crippen LogP contribution in [0.25, 0.3) is 11.3 Å². The molecule has 6 nitrogen and oxygen atoms in total. The fraction of sp³-hybridized carbons (Fsp3) is 0.0800. The summed E-state index contributed by atoms with van der Waals surface area (Å²) in [4.78, 5) is 31.2. The van der Waals surface area contributed by atoms with Crippen LogP contribution in [0.15, 0.2) is 78.2 Å². The Morgan fingerprint density at radius 1 is 1.09 bits per heavy atom. The highest BCUT2D eigenvalue weighted by molar-refractivity contribution is 7.14. The maximum atomic E-state index is 13.1. The van der Waals surface area contributed by atoms with E-state index in [1.807, 2.05) is 53.9 Å². The van der Waals surface area contributed by atoms with Crippen LogP contribution in [0.1, 0.15) is 15.9 Å². The zero-order valence-electron chi connectivity index (χ0n) is 17.3. The van der Waals surface area contributed by atoms with Crippen molar-refractivity contribution in [2.24, 2.45) is 0 Å². The maximum absolute atomic E-state index is 13.1. The first-order chi connectivity index (χ1) is 16.1. The predicted octanol–water partition coefficient (Wildman–Crippen LogP) is 5.13. The molecule has 5 rings (SSSR count). The number of nitrogens with one attached hydrogen (secondary N) is 1. The van der Waals surface area contributed by atoms with Crippen LogP contribution in [-0.4, -0.2) is 23.4 Å². The van der Waals surface area contributed by atoms with E-state index < -0.39 is 5.82 Å². The van der Waals surface area contributed by atoms with Crippen molar-refractivity contribution in [3.63, 3.8) is 0 Å². The first-order valence-corrected chi connectivity index (χ1v) is 11.1. The zero-order chi connectivity index (χ0) is 22.8. The van der Waals surface area contributed by atoms with Crippen molar-refractivity contribution in [1.29, 1.82) is 0 Å². The van der Waals surface area contributed by atoms with E-state index in [0.717, 1.165) is 11.1 Å². The Labute approximate surface area is 193 Å². The van der Waals surface area contributed by atoms with Crippen molar-refractivity contribution in [1.82, 2.24) is 4.98 Å². The van der Waals surface area contributed by atoms with E-state index in [0.29, 0.717) is 34.4 Å². The van der Waals surface area contributed by atoms with E-state index in [1.54, 1.807) is 4.90 Å². The topological polar surface area (TPSA) is 71.5 Å². The minimum atomic E-state index is -0.403. The van der Waals surface area contributed by atoms with Gasteiger partial charge in [-0.25, -0.2) is 9.37 Å². The quantitative estimate of drug-likeness (QED) is 0.449. The second kappa shape index (κ2) is 8.84. The number of aromatic nitrogens is 1. The van der Waals surface area contributed by atoms with Gasteiger partial charge in [-0.3, -0.25) is 14.9 Å². The normalized spacial score (nSPS) is 12.8. The minimum absolute atomic E-state index is 0.00452. The van der Waals surface area contributed by atoms with Crippen molar-refractivity contribution >= 4 is 34.0 Å². The summed E-state index contributed by atoms with van der Waals surface area (Å²) in [7, 11) is 0. The summed E-state index contributed by atoms with van der Waals surface area (Å²) in [6.07, 6.45) is 0. The second-order valence-electron chi connectivity index (χ2n) is 7.44. The Morgan fingerprint density at radius 3 is 2.67 bits per heavy atom. The Bertz CT molecular complexity index is 1320. The molecule has 164 valence electrons. The highest BCUT2D eigenvalue weighted by atomic mass is 32.1. The van der Waals surface area contributed by atoms with Gasteiger partial charge in [0, 0.05) is 16.5 Å². The van der Waals surface area contributed by atoms with Crippen molar-refractivity contribution < 1.29 is 18.7 Å². The number of carbonyl (C=O) groups excluding carboxylic acids is 2. The smallest absolute Gasteiger partial charge is 0.265 e. The average Bonchev–Trinajstić information content (AvgIpc) is 3.30. The number of nitrogens with zero attached hydrogens (tertiary/aromatic N) is 2. The van der Waals surface area contributed by atoms with Crippen LogP contribution >= 0.6 is 11.3 Å². The van der Waals surface area contributed by atoms with Crippen LogP contribution in [0.2, 0.25) is 0 Å². The first-order valence-electron chi connectivity index (χ1n) is 10.2. The van der Waals surface area contributed by atoms with Gasteiger partial charge in [0.1, 0.15) is 11.6 Å². The fourth-order valence-corrected chi connectivity index (χ4v) is 4.25. The fourth-order valence-electron chi connectivity index (χ4n) is 3.54. The second-order valence-corrected chi connectivity index (χ2v) is 8.29. The molecular weight excluding hydrogens is 441 g/mol. The van der Waals surface area contributed by atoms with Crippen molar-refractivity contribution in [3.8, 4) is 17.0 Å². The molecule has 0 bridgehead atoms. The van der Waals surface area contributed by atoms with Crippen LogP contribution in [0, 0.1) is 5.82 Å². The van der Waals surface area contributed by atoms with Gasteiger partial charge in [0.2, 0.25) is 0 Å². The van der Waals surface area contributed by atoms with Gasteiger partial charge in [-0.1, -0.05) is 30.3 Å². The van der Waals surface area contributed by atoms with Gasteiger partial charge in [0.25, 0.3) is 11.8 Å². The van der Waals surface area contributed by atoms with Gasteiger partial charge in [0.15, 0.2) is 11.7 Å². The summed E-state index contributed by atoms with van der Waals surface area (Å²) >= 11 is 1.28. The third kappa shape index (κ3) is 4.47. The summed E-state index contributed by atoms with van der Waals surface area (Å²) in [6, 6.07) is 20.6. The third-order valence-corrected chi connectivity index (χ3v) is 5.97. The van der Waals surface area contributed by atoms with E-state index in [-0.39, 0.29) is 18.4 Å². The summed E-state index contributed by atoms with van der Waals surface area (Å²) in [5.74, 6) is -0.253. The number of fused-ring (bicyclic) bond motifs is 1. The monoisotopic (exact) mass is 459 g/mol. The zero-order valence-corrected chi connectivity index (χ0v) is 18.1. The number of thiazole rings is 1. The summed E-state index contributed by atoms with van der Waals surface area (Å²) in [5, 5.41) is 4.99. The van der Waals surface area contributed by atoms with Crippen LogP contribution < -0.4 is 15.0 Å². The van der Waals surface area contributed by atoms with E-state index in [2.05, 4.69) is 10.3 Å². The number of amides is 2. The lowest BCUT2D eigenvalue weighted by Crippen LogP contribution is -2.38. The number of hydrogen-bond donors (Lipinski definition) is 1. The Morgan fingerprint density at radius 2 is 1.88 bits per heavy atom. The van der Waals surface area contributed by atoms with Crippen molar-refractivity contribution in [2.75, 3.05) is 16.8 Å². The van der Waals surface area contributed by atoms with Crippen molar-refractivity contribution in [3.05, 3.63) is 95.1 Å². The number of ether oxygens (including phenoxy) is 1. The van der Waals surface area contributed by atoms with Gasteiger partial charge in [-0.05, 0) is 48.0 Å². The minimum Gasteiger partial charge on any atom is -0.482 e. The number of anilines is 2. The molecule has 0 fully saturated rings. The molecule has 1 aliphatic heterocycles. The molecule has 2 amide bonds. The molecule has 0 aliphatic carbocycles. The Hall–Kier alpha value is -4.04. The van der Waals surface area contributed by atoms with Gasteiger partial charge in [0.05, 0.1) is 17.9 Å². The van der Waals surface area contributed by atoms with E-state index >= 15 is 0 Å². The maximum Gasteiger partial charge on any atom is 0.265 e. The van der Waals surface area contributed by atoms with Gasteiger partial charge in [-0.2, -0.15) is 0 Å². The molecule has 0 radical (unpaired) electrons. The molecule has 3 aromatic carbocycles. The first kappa shape index (κ1) is 20.8. The Kier molecular flexibility index (Phi) is 5.58. The highest BCUT2D eigenvalue weighted by Gasteiger charge is 2.26. The lowest BCUT2D eigenvalue weighted by Gasteiger charge is -2.29. The average molecular weight is 460 g/mol. The molecule has 33 heavy (non-hydrogen) atoms. The lowest BCUT2D eigenvalue weighted by molar-refractivity contribution is -0.121. The molecule has 0 atom stereocenters. The summed E-state index contributed by atoms with van der Waals surface area (Å²) < 4.78 is 18.7. The van der Waals surface area contributed by atoms with E-state index in [9.17, 15) is 14.0 Å². The molecular formula is C25H18FN3O3S. The molecule has 8 heteroatoms. The predicted molar refractivity (Wildman–Crippen MR) is 125 cm³/mol. The number of rotatable bonds is 5. The molecule has 1 aromatic heterocycles. The SMILES string of the molecule is O=C(Nc1nc(-c2ccc3c(c2)N(Cc2ccccc2)C(=O)CO3)cs1)c1ccc(F)cc1. The number of halogens is 1. The van der Waals surface area contributed by atoms with Gasteiger partial charge >= 0.3 is 0 Å². The molecule has 0 saturated heterocycles. The van der Waals surface area contributed by atoms with E-state index in [1.165, 1.54) is 35.6 Å². The number of carbonyl (C=O) groups is 2. The third-order valence-electron chi connectivity index (χ3n) is 5.21. The lowest BCUT2D eigenvalue weighted by atomic mass is 10.1. The molecule has 2 heterocycles. The van der Waals surface area contributed by atoms with Crippen LogP contribution in [-0.2, 0) is 11.3 Å². The van der Waals surface area contributed by atoms with E-state index in [4.69, 9.17) is 4.74 Å². The molecule has 4 aromatic rings. The standard InChI is InChI=1S/C25H18FN3O3S/c26-19-9-6-17(7-10-19)24(31)28-25-27-20(15-33-25)18-8-11-22-21(12-18)29(23(30)14-32-22)13-16-4-2-1-3-5-16/h1-12,15H,13-14H2,(H,27,28,31). The number of benzene rings is 3. The summed E-state index contributed by atoms with van der Waals surface area (Å²) in [5.41, 5.74) is 3.49.